The van der Waals surface area contributed by atoms with E-state index in [0.717, 1.165) is 19.0 Å². The summed E-state index contributed by atoms with van der Waals surface area (Å²) in [5.41, 5.74) is -0.529. The van der Waals surface area contributed by atoms with Gasteiger partial charge in [0.05, 0.1) is 6.04 Å². The van der Waals surface area contributed by atoms with Crippen LogP contribution >= 0.6 is 11.3 Å². The highest BCUT2D eigenvalue weighted by atomic mass is 32.1. The third kappa shape index (κ3) is 3.56. The lowest BCUT2D eigenvalue weighted by molar-refractivity contribution is -0.137. The molecule has 33 heavy (non-hydrogen) atoms. The zero-order chi connectivity index (χ0) is 23.3. The minimum absolute atomic E-state index is 0.000458. The number of thiazole rings is 1. The summed E-state index contributed by atoms with van der Waals surface area (Å²) in [5, 5.41) is 12.7. The van der Waals surface area contributed by atoms with Crippen LogP contribution in [0, 0.1) is 11.3 Å². The molecule has 1 aliphatic rings. The molecule has 9 nitrogen and oxygen atoms in total. The van der Waals surface area contributed by atoms with Gasteiger partial charge in [0.15, 0.2) is 16.3 Å². The molecule has 0 saturated heterocycles. The van der Waals surface area contributed by atoms with Gasteiger partial charge in [-0.2, -0.15) is 23.5 Å². The van der Waals surface area contributed by atoms with Gasteiger partial charge in [0.2, 0.25) is 0 Å². The van der Waals surface area contributed by atoms with Crippen molar-refractivity contribution in [2.24, 2.45) is 0 Å². The van der Waals surface area contributed by atoms with Gasteiger partial charge in [-0.25, -0.2) is 24.6 Å². The first kappa shape index (κ1) is 21.2. The van der Waals surface area contributed by atoms with Crippen molar-refractivity contribution in [3.05, 3.63) is 62.2 Å². The van der Waals surface area contributed by atoms with E-state index in [1.807, 2.05) is 6.07 Å². The lowest BCUT2D eigenvalue weighted by Crippen LogP contribution is -2.28. The minimum Gasteiger partial charge on any atom is -0.310 e. The number of nitrogens with zero attached hydrogens (tertiary/aromatic N) is 7. The largest absolute Gasteiger partial charge is 0.443 e. The quantitative estimate of drug-likeness (QED) is 0.481. The molecule has 3 atom stereocenters. The number of alkyl halides is 3. The van der Waals surface area contributed by atoms with E-state index in [0.29, 0.717) is 23.0 Å². The highest BCUT2D eigenvalue weighted by Crippen LogP contribution is 2.46. The zero-order valence-electron chi connectivity index (χ0n) is 17.0. The maximum Gasteiger partial charge on any atom is 0.443 e. The Kier molecular flexibility index (Phi) is 4.97. The number of halogens is 3. The average Bonchev–Trinajstić information content (AvgIpc) is 3.39. The average molecular weight is 472 g/mol. The lowest BCUT2D eigenvalue weighted by Gasteiger charge is -2.34. The van der Waals surface area contributed by atoms with Crippen LogP contribution in [0.4, 0.5) is 13.2 Å². The number of hydrogen-bond acceptors (Lipinski definition) is 8. The standard InChI is InChI=1S/C20H15F3N8OS/c1-9(13-8-27-19(33-13)20(21,22)23)31-17-14(12(7-24)30-31)18(32)29-16(28-17)11-4-3-10(11)15-25-5-2-6-26-15/h2,5-6,8-11H,3-4H2,1H3,(H,28,29,32)/t9?,10-,11-/m0/s1. The SMILES string of the molecule is CC(c1cnc(C(F)(F)F)s1)n1nc(C#N)c2c(=O)[nH]c([C@H]3CC[C@@H]3c3ncccn3)nc21. The zero-order valence-corrected chi connectivity index (χ0v) is 17.9. The molecule has 0 bridgehead atoms. The van der Waals surface area contributed by atoms with Gasteiger partial charge in [0, 0.05) is 35.3 Å². The third-order valence-corrected chi connectivity index (χ3v) is 6.99. The van der Waals surface area contributed by atoms with Crippen LogP contribution in [-0.4, -0.2) is 34.7 Å². The second-order valence-electron chi connectivity index (χ2n) is 7.69. The van der Waals surface area contributed by atoms with E-state index in [4.69, 9.17) is 0 Å². The molecule has 0 amide bonds. The Morgan fingerprint density at radius 2 is 1.97 bits per heavy atom. The molecule has 168 valence electrons. The van der Waals surface area contributed by atoms with E-state index >= 15 is 0 Å². The Labute approximate surface area is 188 Å². The fourth-order valence-corrected chi connectivity index (χ4v) is 4.78. The number of nitrogens with one attached hydrogen (secondary N) is 1. The number of hydrogen-bond donors (Lipinski definition) is 1. The van der Waals surface area contributed by atoms with Crippen molar-refractivity contribution in [1.82, 2.24) is 34.7 Å². The highest BCUT2D eigenvalue weighted by molar-refractivity contribution is 7.11. The Morgan fingerprint density at radius 3 is 2.58 bits per heavy atom. The number of aromatic amines is 1. The van der Waals surface area contributed by atoms with Gasteiger partial charge in [-0.1, -0.05) is 0 Å². The van der Waals surface area contributed by atoms with Crippen LogP contribution < -0.4 is 5.56 Å². The van der Waals surface area contributed by atoms with Gasteiger partial charge in [-0.05, 0) is 25.8 Å². The Bertz CT molecular complexity index is 1440. The van der Waals surface area contributed by atoms with Crippen molar-refractivity contribution >= 4 is 22.4 Å². The first-order valence-corrected chi connectivity index (χ1v) is 10.8. The molecule has 1 fully saturated rings. The summed E-state index contributed by atoms with van der Waals surface area (Å²) in [6, 6.07) is 2.87. The first-order valence-electron chi connectivity index (χ1n) is 10.00. The van der Waals surface area contributed by atoms with E-state index in [1.54, 1.807) is 25.4 Å². The highest BCUT2D eigenvalue weighted by Gasteiger charge is 2.38. The molecule has 5 rings (SSSR count). The molecule has 1 unspecified atom stereocenters. The van der Waals surface area contributed by atoms with Gasteiger partial charge in [0.1, 0.15) is 23.1 Å². The lowest BCUT2D eigenvalue weighted by atomic mass is 9.72. The molecule has 0 spiro atoms. The van der Waals surface area contributed by atoms with Crippen LogP contribution in [-0.2, 0) is 6.18 Å². The van der Waals surface area contributed by atoms with Gasteiger partial charge in [-0.3, -0.25) is 4.79 Å². The molecule has 4 heterocycles. The van der Waals surface area contributed by atoms with E-state index in [1.165, 1.54) is 4.68 Å². The summed E-state index contributed by atoms with van der Waals surface area (Å²) in [6.45, 7) is 1.62. The predicted octanol–water partition coefficient (Wildman–Crippen LogP) is 3.53. The van der Waals surface area contributed by atoms with E-state index in [-0.39, 0.29) is 33.4 Å². The van der Waals surface area contributed by atoms with Crippen molar-refractivity contribution in [2.75, 3.05) is 0 Å². The monoisotopic (exact) mass is 472 g/mol. The van der Waals surface area contributed by atoms with E-state index < -0.39 is 22.8 Å². The number of H-pyrrole nitrogens is 1. The van der Waals surface area contributed by atoms with Crippen molar-refractivity contribution in [2.45, 2.75) is 43.8 Å². The van der Waals surface area contributed by atoms with Crippen LogP contribution in [0.5, 0.6) is 0 Å². The second-order valence-corrected chi connectivity index (χ2v) is 8.76. The van der Waals surface area contributed by atoms with Crippen LogP contribution in [0.25, 0.3) is 11.0 Å². The molecular formula is C20H15F3N8OS. The van der Waals surface area contributed by atoms with Gasteiger partial charge >= 0.3 is 6.18 Å². The Balaban J connectivity index is 1.59. The molecule has 4 aromatic heterocycles. The molecule has 0 aromatic carbocycles. The fraction of sp³-hybridized carbons (Fsp3) is 0.350. The Hall–Kier alpha value is -3.66. The maximum absolute atomic E-state index is 13.0. The third-order valence-electron chi connectivity index (χ3n) is 5.77. The van der Waals surface area contributed by atoms with Gasteiger partial charge in [0.25, 0.3) is 5.56 Å². The first-order chi connectivity index (χ1) is 15.8. The molecule has 1 aliphatic carbocycles. The summed E-state index contributed by atoms with van der Waals surface area (Å²) in [6.07, 6.45) is 1.45. The van der Waals surface area contributed by atoms with Crippen molar-refractivity contribution in [3.63, 3.8) is 0 Å². The maximum atomic E-state index is 13.0. The molecule has 13 heteroatoms. The van der Waals surface area contributed by atoms with Crippen LogP contribution in [0.2, 0.25) is 0 Å². The summed E-state index contributed by atoms with van der Waals surface area (Å²) in [5.74, 6) is 0.913. The number of rotatable bonds is 4. The summed E-state index contributed by atoms with van der Waals surface area (Å²) in [7, 11) is 0. The van der Waals surface area contributed by atoms with Crippen LogP contribution in [0.15, 0.2) is 29.5 Å². The van der Waals surface area contributed by atoms with Crippen molar-refractivity contribution < 1.29 is 13.2 Å². The topological polar surface area (TPSA) is 126 Å². The summed E-state index contributed by atoms with van der Waals surface area (Å²) >= 11 is 0.486. The molecule has 0 radical (unpaired) electrons. The van der Waals surface area contributed by atoms with Crippen LogP contribution in [0.3, 0.4) is 0 Å². The van der Waals surface area contributed by atoms with Crippen LogP contribution in [0.1, 0.15) is 64.9 Å². The van der Waals surface area contributed by atoms with Crippen molar-refractivity contribution in [3.8, 4) is 6.07 Å². The molecule has 1 saturated carbocycles. The summed E-state index contributed by atoms with van der Waals surface area (Å²) < 4.78 is 40.3. The molecule has 4 aromatic rings. The fourth-order valence-electron chi connectivity index (χ4n) is 3.96. The minimum atomic E-state index is -4.56. The predicted molar refractivity (Wildman–Crippen MR) is 111 cm³/mol. The molecule has 0 aliphatic heterocycles. The van der Waals surface area contributed by atoms with Gasteiger partial charge < -0.3 is 4.98 Å². The number of aromatic nitrogens is 7. The van der Waals surface area contributed by atoms with Crippen molar-refractivity contribution in [1.29, 1.82) is 5.26 Å². The normalized spacial score (nSPS) is 19.2. The Morgan fingerprint density at radius 1 is 1.24 bits per heavy atom. The summed E-state index contributed by atoms with van der Waals surface area (Å²) in [4.78, 5) is 32.6. The van der Waals surface area contributed by atoms with E-state index in [9.17, 15) is 23.2 Å². The smallest absolute Gasteiger partial charge is 0.310 e. The number of fused-ring (bicyclic) bond motifs is 1. The van der Waals surface area contributed by atoms with E-state index in [2.05, 4.69) is 30.0 Å². The second kappa shape index (κ2) is 7.73. The van der Waals surface area contributed by atoms with Gasteiger partial charge in [-0.15, -0.1) is 11.3 Å². The molecule has 1 N–H and O–H groups in total. The number of nitriles is 1. The molecular weight excluding hydrogens is 457 g/mol.